The van der Waals surface area contributed by atoms with Gasteiger partial charge in [0.1, 0.15) is 0 Å². The molecular formula is C4H12BN2. The van der Waals surface area contributed by atoms with Crippen LogP contribution in [0.4, 0.5) is 0 Å². The highest BCUT2D eigenvalue weighted by atomic mass is 14.7. The van der Waals surface area contributed by atoms with Crippen LogP contribution in [0.25, 0.3) is 0 Å². The van der Waals surface area contributed by atoms with Crippen molar-refractivity contribution in [2.75, 3.05) is 0 Å². The Hall–Kier alpha value is -0.465. The zero-order chi connectivity index (χ0) is 5.58. The van der Waals surface area contributed by atoms with Crippen LogP contribution in [0.5, 0.6) is 0 Å². The van der Waals surface area contributed by atoms with Gasteiger partial charge in [-0.15, -0.1) is 0 Å². The average Bonchev–Trinajstić information content (AvgIpc) is 1.41. The fraction of sp³-hybridized carbons (Fsp3) is 0.750. The number of amidine groups is 1. The number of rotatable bonds is 0. The second kappa shape index (κ2) is 17.7. The maximum atomic E-state index is 6.28. The third-order valence-electron chi connectivity index (χ3n) is 0. The Labute approximate surface area is 47.2 Å². The molecule has 3 heteroatoms. The van der Waals surface area contributed by atoms with Crippen molar-refractivity contribution in [3.05, 3.63) is 0 Å². The Kier molecular flexibility index (Phi) is 40.5. The van der Waals surface area contributed by atoms with E-state index in [1.165, 1.54) is 6.92 Å². The van der Waals surface area contributed by atoms with Gasteiger partial charge in [-0.1, -0.05) is 13.8 Å². The summed E-state index contributed by atoms with van der Waals surface area (Å²) in [5, 5.41) is 6.28. The van der Waals surface area contributed by atoms with Gasteiger partial charge in [0.2, 0.25) is 0 Å². The van der Waals surface area contributed by atoms with Gasteiger partial charge in [-0.25, -0.2) is 0 Å². The van der Waals surface area contributed by atoms with Crippen molar-refractivity contribution >= 4 is 14.2 Å². The highest BCUT2D eigenvalue weighted by Crippen LogP contribution is 1.36. The van der Waals surface area contributed by atoms with Gasteiger partial charge in [0.15, 0.2) is 0 Å². The molecule has 3 radical (unpaired) electrons. The van der Waals surface area contributed by atoms with E-state index in [2.05, 4.69) is 0 Å². The maximum absolute atomic E-state index is 6.28. The van der Waals surface area contributed by atoms with Crippen molar-refractivity contribution < 1.29 is 0 Å². The van der Waals surface area contributed by atoms with Gasteiger partial charge in [0, 0.05) is 8.41 Å². The highest BCUT2D eigenvalue weighted by molar-refractivity contribution is 5.75. The molecule has 0 saturated heterocycles. The molecule has 3 N–H and O–H groups in total. The lowest BCUT2D eigenvalue weighted by atomic mass is 10.8. The number of nitrogens with one attached hydrogen (secondary N) is 1. The molecule has 41 valence electrons. The molecule has 0 aromatic carbocycles. The molecule has 0 aromatic rings. The Morgan fingerprint density at radius 2 is 1.43 bits per heavy atom. The summed E-state index contributed by atoms with van der Waals surface area (Å²) in [7, 11) is 0. The van der Waals surface area contributed by atoms with Crippen molar-refractivity contribution in [1.29, 1.82) is 5.41 Å². The molecule has 0 rings (SSSR count). The van der Waals surface area contributed by atoms with Gasteiger partial charge in [-0.2, -0.15) is 0 Å². The predicted octanol–water partition coefficient (Wildman–Crippen LogP) is 0.588. The normalized spacial score (nSPS) is 4.43. The van der Waals surface area contributed by atoms with Gasteiger partial charge in [0.25, 0.3) is 0 Å². The highest BCUT2D eigenvalue weighted by Gasteiger charge is 1.53. The summed E-state index contributed by atoms with van der Waals surface area (Å²) in [5.74, 6) is 0.167. The van der Waals surface area contributed by atoms with Crippen molar-refractivity contribution in [2.24, 2.45) is 5.73 Å². The summed E-state index contributed by atoms with van der Waals surface area (Å²) in [5.41, 5.74) is 4.69. The van der Waals surface area contributed by atoms with Gasteiger partial charge in [0.05, 0.1) is 5.84 Å². The van der Waals surface area contributed by atoms with E-state index in [0.717, 1.165) is 0 Å². The first-order valence-electron chi connectivity index (χ1n) is 2.04. The van der Waals surface area contributed by atoms with Crippen molar-refractivity contribution in [1.82, 2.24) is 0 Å². The Morgan fingerprint density at radius 1 is 1.43 bits per heavy atom. The van der Waals surface area contributed by atoms with Gasteiger partial charge >= 0.3 is 0 Å². The molecule has 0 aliphatic carbocycles. The maximum Gasteiger partial charge on any atom is 0.0873 e. The number of hydrogen-bond acceptors (Lipinski definition) is 1. The predicted molar refractivity (Wildman–Crippen MR) is 34.7 cm³/mol. The van der Waals surface area contributed by atoms with E-state index in [-0.39, 0.29) is 14.2 Å². The minimum atomic E-state index is 0. The fourth-order valence-electron chi connectivity index (χ4n) is 0. The van der Waals surface area contributed by atoms with Crippen LogP contribution in [0.1, 0.15) is 20.8 Å². The first kappa shape index (κ1) is 16.0. The zero-order valence-corrected chi connectivity index (χ0v) is 5.15. The lowest BCUT2D eigenvalue weighted by molar-refractivity contribution is 1.42. The lowest BCUT2D eigenvalue weighted by Gasteiger charge is -1.66. The molecule has 0 aliphatic heterocycles. The molecule has 0 unspecified atom stereocenters. The van der Waals surface area contributed by atoms with Crippen LogP contribution >= 0.6 is 0 Å². The zero-order valence-electron chi connectivity index (χ0n) is 5.15. The topological polar surface area (TPSA) is 49.9 Å². The molecule has 0 saturated carbocycles. The monoisotopic (exact) mass is 99.1 g/mol. The third kappa shape index (κ3) is 320. The lowest BCUT2D eigenvalue weighted by Crippen LogP contribution is -2.00. The summed E-state index contributed by atoms with van der Waals surface area (Å²) in [4.78, 5) is 0. The quantitative estimate of drug-likeness (QED) is 0.260. The minimum absolute atomic E-state index is 0. The molecule has 0 amide bonds. The molecule has 2 nitrogen and oxygen atoms in total. The van der Waals surface area contributed by atoms with Crippen LogP contribution in [0.3, 0.4) is 0 Å². The summed E-state index contributed by atoms with van der Waals surface area (Å²) < 4.78 is 0. The van der Waals surface area contributed by atoms with E-state index in [0.29, 0.717) is 0 Å². The number of hydrogen-bond donors (Lipinski definition) is 2. The third-order valence-corrected chi connectivity index (χ3v) is 0. The van der Waals surface area contributed by atoms with Gasteiger partial charge in [-0.3, -0.25) is 5.41 Å². The molecule has 0 aliphatic rings. The van der Waals surface area contributed by atoms with Crippen molar-refractivity contribution in [3.63, 3.8) is 0 Å². The van der Waals surface area contributed by atoms with Crippen LogP contribution in [-0.4, -0.2) is 14.2 Å². The molecule has 0 spiro atoms. The number of nitrogens with two attached hydrogens (primary N) is 1. The molecule has 0 atom stereocenters. The van der Waals surface area contributed by atoms with E-state index < -0.39 is 0 Å². The second-order valence-electron chi connectivity index (χ2n) is 0.683. The summed E-state index contributed by atoms with van der Waals surface area (Å²) >= 11 is 0. The Bertz CT molecular complexity index is 32.7. The standard InChI is InChI=1S/C2H6N2.C2H6.B/c1-2(3)4;1-2;/h1H3,(H3,3,4);1-2H3;. The van der Waals surface area contributed by atoms with E-state index in [1.54, 1.807) is 0 Å². The molecule has 0 bridgehead atoms. The first-order valence-corrected chi connectivity index (χ1v) is 2.04. The van der Waals surface area contributed by atoms with Crippen LogP contribution < -0.4 is 5.73 Å². The molecule has 0 aromatic heterocycles. The summed E-state index contributed by atoms with van der Waals surface area (Å²) in [6, 6.07) is 0. The van der Waals surface area contributed by atoms with Crippen molar-refractivity contribution in [2.45, 2.75) is 20.8 Å². The van der Waals surface area contributed by atoms with Crippen LogP contribution in [-0.2, 0) is 0 Å². The SMILES string of the molecule is CC.CC(=N)N.[B]. The smallest absolute Gasteiger partial charge is 0.0873 e. The minimum Gasteiger partial charge on any atom is -0.388 e. The van der Waals surface area contributed by atoms with Crippen LogP contribution in [0.15, 0.2) is 0 Å². The largest absolute Gasteiger partial charge is 0.388 e. The Morgan fingerprint density at radius 3 is 1.43 bits per heavy atom. The molecule has 0 fully saturated rings. The van der Waals surface area contributed by atoms with Crippen LogP contribution in [0.2, 0.25) is 0 Å². The first-order chi connectivity index (χ1) is 2.73. The van der Waals surface area contributed by atoms with Gasteiger partial charge in [-0.05, 0) is 6.92 Å². The van der Waals surface area contributed by atoms with E-state index in [9.17, 15) is 0 Å². The molecule has 7 heavy (non-hydrogen) atoms. The molecule has 0 heterocycles. The van der Waals surface area contributed by atoms with E-state index >= 15 is 0 Å². The Balaban J connectivity index is -0.0000000480. The summed E-state index contributed by atoms with van der Waals surface area (Å²) in [6.07, 6.45) is 0. The summed E-state index contributed by atoms with van der Waals surface area (Å²) in [6.45, 7) is 5.53. The van der Waals surface area contributed by atoms with E-state index in [4.69, 9.17) is 11.1 Å². The second-order valence-corrected chi connectivity index (χ2v) is 0.683. The van der Waals surface area contributed by atoms with Gasteiger partial charge < -0.3 is 5.73 Å². The van der Waals surface area contributed by atoms with E-state index in [1.807, 2.05) is 13.8 Å². The average molecular weight is 99.0 g/mol. The van der Waals surface area contributed by atoms with Crippen molar-refractivity contribution in [3.8, 4) is 0 Å². The van der Waals surface area contributed by atoms with Crippen LogP contribution in [0, 0.1) is 5.41 Å². The fourth-order valence-corrected chi connectivity index (χ4v) is 0. The molecular weight excluding hydrogens is 86.9 g/mol.